The van der Waals surface area contributed by atoms with Gasteiger partial charge in [-0.15, -0.1) is 24.0 Å². The third-order valence-corrected chi connectivity index (χ3v) is 3.73. The molecule has 26 heavy (non-hydrogen) atoms. The lowest BCUT2D eigenvalue weighted by Crippen LogP contribution is -2.38. The van der Waals surface area contributed by atoms with E-state index in [0.29, 0.717) is 19.8 Å². The van der Waals surface area contributed by atoms with E-state index in [4.69, 9.17) is 13.7 Å². The first-order valence-corrected chi connectivity index (χ1v) is 8.74. The maximum atomic E-state index is 5.56. The molecule has 7 nitrogen and oxygen atoms in total. The maximum absolute atomic E-state index is 5.56. The summed E-state index contributed by atoms with van der Waals surface area (Å²) in [5.41, 5.74) is 2.12. The molecule has 0 radical (unpaired) electrons. The van der Waals surface area contributed by atoms with E-state index in [-0.39, 0.29) is 24.0 Å². The van der Waals surface area contributed by atoms with E-state index in [0.717, 1.165) is 54.7 Å². The summed E-state index contributed by atoms with van der Waals surface area (Å²) in [7, 11) is 0. The number of guanidine groups is 1. The van der Waals surface area contributed by atoms with Gasteiger partial charge in [-0.1, -0.05) is 5.16 Å². The number of halogens is 1. The second-order valence-electron chi connectivity index (χ2n) is 5.73. The molecule has 0 aliphatic rings. The third-order valence-electron chi connectivity index (χ3n) is 3.73. The summed E-state index contributed by atoms with van der Waals surface area (Å²) in [6.07, 6.45) is 3.37. The second-order valence-corrected chi connectivity index (χ2v) is 5.73. The summed E-state index contributed by atoms with van der Waals surface area (Å²) in [4.78, 5) is 4.56. The molecule has 0 aliphatic carbocycles. The highest BCUT2D eigenvalue weighted by atomic mass is 127. The Morgan fingerprint density at radius 2 is 2.15 bits per heavy atom. The number of furan rings is 1. The standard InChI is InChI=1S/C18H28N4O3.HI/c1-4-19-18(21-10-8-17-14(2)22-25-15(17)3)20-9-6-11-23-13-16-7-5-12-24-16;/h5,7,12H,4,6,8-11,13H2,1-3H3,(H2,19,20,21);1H. The normalized spacial score (nSPS) is 11.3. The molecule has 0 atom stereocenters. The van der Waals surface area contributed by atoms with E-state index in [1.54, 1.807) is 6.26 Å². The van der Waals surface area contributed by atoms with Crippen LogP contribution in [0.4, 0.5) is 0 Å². The molecule has 2 aromatic heterocycles. The van der Waals surface area contributed by atoms with Gasteiger partial charge in [0.05, 0.1) is 12.0 Å². The first-order valence-electron chi connectivity index (χ1n) is 8.74. The lowest BCUT2D eigenvalue weighted by molar-refractivity contribution is 0.105. The van der Waals surface area contributed by atoms with Gasteiger partial charge >= 0.3 is 0 Å². The Balaban J connectivity index is 0.00000338. The molecule has 0 aromatic carbocycles. The average Bonchev–Trinajstić information content (AvgIpc) is 3.22. The van der Waals surface area contributed by atoms with Gasteiger partial charge in [-0.2, -0.15) is 0 Å². The fourth-order valence-electron chi connectivity index (χ4n) is 2.43. The average molecular weight is 476 g/mol. The molecule has 2 aromatic rings. The van der Waals surface area contributed by atoms with Gasteiger partial charge in [0.1, 0.15) is 18.1 Å². The van der Waals surface area contributed by atoms with Crippen LogP contribution in [0.5, 0.6) is 0 Å². The van der Waals surface area contributed by atoms with Crippen LogP contribution in [-0.2, 0) is 17.8 Å². The Bertz CT molecular complexity index is 621. The van der Waals surface area contributed by atoms with Crippen LogP contribution in [0.15, 0.2) is 32.3 Å². The molecule has 0 unspecified atom stereocenters. The van der Waals surface area contributed by atoms with Gasteiger partial charge < -0.3 is 24.3 Å². The fraction of sp³-hybridized carbons (Fsp3) is 0.556. The van der Waals surface area contributed by atoms with Crippen LogP contribution in [0, 0.1) is 13.8 Å². The van der Waals surface area contributed by atoms with Crippen molar-refractivity contribution in [2.75, 3.05) is 26.2 Å². The SMILES string of the molecule is CCNC(=NCCCOCc1ccco1)NCCc1c(C)noc1C.I. The summed E-state index contributed by atoms with van der Waals surface area (Å²) >= 11 is 0. The molecular weight excluding hydrogens is 447 g/mol. The number of rotatable bonds is 10. The molecule has 2 heterocycles. The lowest BCUT2D eigenvalue weighted by Gasteiger charge is -2.11. The van der Waals surface area contributed by atoms with Crippen molar-refractivity contribution in [3.8, 4) is 0 Å². The van der Waals surface area contributed by atoms with Gasteiger partial charge in [0, 0.05) is 31.8 Å². The van der Waals surface area contributed by atoms with Gasteiger partial charge in [0.25, 0.3) is 0 Å². The van der Waals surface area contributed by atoms with Crippen molar-refractivity contribution in [2.24, 2.45) is 4.99 Å². The molecule has 0 saturated carbocycles. The number of nitrogens with one attached hydrogen (secondary N) is 2. The minimum Gasteiger partial charge on any atom is -0.467 e. The third kappa shape index (κ3) is 7.77. The zero-order valence-corrected chi connectivity index (χ0v) is 18.0. The van der Waals surface area contributed by atoms with Crippen molar-refractivity contribution in [1.82, 2.24) is 15.8 Å². The molecule has 0 fully saturated rings. The van der Waals surface area contributed by atoms with Crippen molar-refractivity contribution in [3.63, 3.8) is 0 Å². The monoisotopic (exact) mass is 476 g/mol. The largest absolute Gasteiger partial charge is 0.467 e. The molecule has 0 saturated heterocycles. The molecule has 2 N–H and O–H groups in total. The maximum Gasteiger partial charge on any atom is 0.191 e. The minimum absolute atomic E-state index is 0. The van der Waals surface area contributed by atoms with Gasteiger partial charge in [0.2, 0.25) is 0 Å². The predicted octanol–water partition coefficient (Wildman–Crippen LogP) is 3.21. The number of hydrogen-bond donors (Lipinski definition) is 2. The van der Waals surface area contributed by atoms with Crippen LogP contribution in [-0.4, -0.2) is 37.4 Å². The topological polar surface area (TPSA) is 84.8 Å². The Morgan fingerprint density at radius 1 is 1.31 bits per heavy atom. The molecule has 0 aliphatic heterocycles. The van der Waals surface area contributed by atoms with Crippen molar-refractivity contribution in [1.29, 1.82) is 0 Å². The van der Waals surface area contributed by atoms with Crippen LogP contribution in [0.25, 0.3) is 0 Å². The van der Waals surface area contributed by atoms with E-state index >= 15 is 0 Å². The molecule has 8 heteroatoms. The van der Waals surface area contributed by atoms with E-state index in [9.17, 15) is 0 Å². The highest BCUT2D eigenvalue weighted by molar-refractivity contribution is 14.0. The molecule has 0 amide bonds. The van der Waals surface area contributed by atoms with Gasteiger partial charge in [-0.3, -0.25) is 4.99 Å². The summed E-state index contributed by atoms with van der Waals surface area (Å²) in [5.74, 6) is 2.55. The Hall–Kier alpha value is -1.55. The number of aliphatic imine (C=N–C) groups is 1. The number of hydrogen-bond acceptors (Lipinski definition) is 5. The second kappa shape index (κ2) is 12.7. The number of aromatic nitrogens is 1. The van der Waals surface area contributed by atoms with Crippen molar-refractivity contribution in [2.45, 2.75) is 40.2 Å². The first-order chi connectivity index (χ1) is 12.2. The highest BCUT2D eigenvalue weighted by Gasteiger charge is 2.08. The zero-order valence-electron chi connectivity index (χ0n) is 15.7. The van der Waals surface area contributed by atoms with Crippen LogP contribution in [0.3, 0.4) is 0 Å². The Morgan fingerprint density at radius 3 is 2.81 bits per heavy atom. The zero-order chi connectivity index (χ0) is 17.9. The fourth-order valence-corrected chi connectivity index (χ4v) is 2.43. The smallest absolute Gasteiger partial charge is 0.191 e. The van der Waals surface area contributed by atoms with Crippen LogP contribution < -0.4 is 10.6 Å². The van der Waals surface area contributed by atoms with E-state index in [1.165, 1.54) is 0 Å². The summed E-state index contributed by atoms with van der Waals surface area (Å²) in [6, 6.07) is 3.77. The van der Waals surface area contributed by atoms with E-state index in [1.807, 2.05) is 26.0 Å². The summed E-state index contributed by atoms with van der Waals surface area (Å²) < 4.78 is 16.0. The summed E-state index contributed by atoms with van der Waals surface area (Å²) in [5, 5.41) is 10.6. The van der Waals surface area contributed by atoms with E-state index in [2.05, 4.69) is 27.7 Å². The first kappa shape index (κ1) is 22.5. The predicted molar refractivity (Wildman–Crippen MR) is 112 cm³/mol. The number of nitrogens with zero attached hydrogens (tertiary/aromatic N) is 2. The highest BCUT2D eigenvalue weighted by Crippen LogP contribution is 2.11. The molecule has 2 rings (SSSR count). The Kier molecular flexibility index (Phi) is 11.0. The van der Waals surface area contributed by atoms with Crippen LogP contribution in [0.2, 0.25) is 0 Å². The van der Waals surface area contributed by atoms with Gasteiger partial charge in [-0.25, -0.2) is 0 Å². The van der Waals surface area contributed by atoms with Crippen LogP contribution >= 0.6 is 24.0 Å². The summed E-state index contributed by atoms with van der Waals surface area (Å²) in [6.45, 7) is 9.44. The minimum atomic E-state index is 0. The molecule has 0 bridgehead atoms. The molecule has 0 spiro atoms. The van der Waals surface area contributed by atoms with E-state index < -0.39 is 0 Å². The molecular formula is C18H29IN4O3. The number of aryl methyl sites for hydroxylation is 2. The van der Waals surface area contributed by atoms with Gasteiger partial charge in [0.15, 0.2) is 5.96 Å². The quantitative estimate of drug-likeness (QED) is 0.237. The molecule has 146 valence electrons. The lowest BCUT2D eigenvalue weighted by atomic mass is 10.1. The van der Waals surface area contributed by atoms with Crippen molar-refractivity contribution < 1.29 is 13.7 Å². The van der Waals surface area contributed by atoms with Crippen molar-refractivity contribution in [3.05, 3.63) is 41.2 Å². The van der Waals surface area contributed by atoms with Gasteiger partial charge in [-0.05, 0) is 45.7 Å². The van der Waals surface area contributed by atoms with Crippen molar-refractivity contribution >= 4 is 29.9 Å². The van der Waals surface area contributed by atoms with Crippen LogP contribution in [0.1, 0.15) is 36.1 Å². The number of ether oxygens (including phenoxy) is 1. The Labute approximate surface area is 172 Å².